The molecule has 0 radical (unpaired) electrons. The summed E-state index contributed by atoms with van der Waals surface area (Å²) < 4.78 is 16.1. The molecule has 1 fully saturated rings. The summed E-state index contributed by atoms with van der Waals surface area (Å²) >= 11 is 0. The molecule has 0 bridgehead atoms. The first kappa shape index (κ1) is 14.5. The van der Waals surface area contributed by atoms with Crippen molar-refractivity contribution >= 4 is 22.8 Å². The van der Waals surface area contributed by atoms with Crippen LogP contribution in [0, 0.1) is 0 Å². The third kappa shape index (κ3) is 2.76. The van der Waals surface area contributed by atoms with E-state index in [1.54, 1.807) is 6.07 Å². The fourth-order valence-electron chi connectivity index (χ4n) is 2.64. The van der Waals surface area contributed by atoms with Crippen molar-refractivity contribution in [3.8, 4) is 11.5 Å². The molecule has 1 aliphatic rings. The maximum atomic E-state index is 11.8. The van der Waals surface area contributed by atoms with Crippen LogP contribution in [-0.4, -0.2) is 23.1 Å². The third-order valence-corrected chi connectivity index (χ3v) is 3.87. The summed E-state index contributed by atoms with van der Waals surface area (Å²) in [5.41, 5.74) is 1.23. The molecule has 3 heterocycles. The van der Waals surface area contributed by atoms with E-state index < -0.39 is 12.0 Å². The fourth-order valence-corrected chi connectivity index (χ4v) is 2.64. The normalized spacial score (nSPS) is 17.2. The Balaban J connectivity index is 1.43. The minimum absolute atomic E-state index is 0.0189. The van der Waals surface area contributed by atoms with E-state index in [1.165, 1.54) is 0 Å². The molecule has 0 aliphatic carbocycles. The minimum atomic E-state index is -0.570. The van der Waals surface area contributed by atoms with Crippen LogP contribution in [0.25, 0.3) is 22.5 Å². The highest BCUT2D eigenvalue weighted by molar-refractivity contribution is 5.88. The van der Waals surface area contributed by atoms with Crippen molar-refractivity contribution in [2.75, 3.05) is 0 Å². The number of benzene rings is 1. The number of carbonyl (C=O) groups excluding carboxylic acids is 2. The van der Waals surface area contributed by atoms with Crippen molar-refractivity contribution < 1.29 is 23.3 Å². The van der Waals surface area contributed by atoms with Gasteiger partial charge in [0.1, 0.15) is 23.9 Å². The third-order valence-electron chi connectivity index (χ3n) is 3.87. The Labute approximate surface area is 136 Å². The monoisotopic (exact) mass is 326 g/mol. The molecule has 1 N–H and O–H groups in total. The van der Waals surface area contributed by atoms with E-state index in [0.717, 1.165) is 11.0 Å². The Kier molecular flexibility index (Phi) is 3.53. The van der Waals surface area contributed by atoms with Crippen LogP contribution >= 0.6 is 0 Å². The summed E-state index contributed by atoms with van der Waals surface area (Å²) in [6.45, 7) is -0.0189. The number of carbonyl (C=O) groups is 2. The fraction of sp³-hybridized carbons (Fsp3) is 0.235. The summed E-state index contributed by atoms with van der Waals surface area (Å²) in [4.78, 5) is 23.0. The van der Waals surface area contributed by atoms with Crippen LogP contribution in [0.5, 0.6) is 0 Å². The van der Waals surface area contributed by atoms with Gasteiger partial charge in [-0.15, -0.1) is 0 Å². The zero-order valence-corrected chi connectivity index (χ0v) is 12.7. The summed E-state index contributed by atoms with van der Waals surface area (Å²) in [6, 6.07) is 10.6. The van der Waals surface area contributed by atoms with Crippen molar-refractivity contribution in [1.82, 2.24) is 10.5 Å². The Morgan fingerprint density at radius 1 is 1.29 bits per heavy atom. The van der Waals surface area contributed by atoms with Gasteiger partial charge in [0.2, 0.25) is 11.7 Å². The van der Waals surface area contributed by atoms with Crippen LogP contribution in [0.1, 0.15) is 18.5 Å². The number of furan rings is 1. The number of aromatic nitrogens is 1. The zero-order chi connectivity index (χ0) is 16.5. The van der Waals surface area contributed by atoms with Crippen LogP contribution < -0.4 is 5.32 Å². The lowest BCUT2D eigenvalue weighted by Gasteiger charge is -2.08. The molecule has 1 saturated heterocycles. The molecule has 2 aromatic heterocycles. The Morgan fingerprint density at radius 3 is 2.96 bits per heavy atom. The molecule has 4 rings (SSSR count). The molecule has 0 spiro atoms. The van der Waals surface area contributed by atoms with Gasteiger partial charge in [-0.3, -0.25) is 4.79 Å². The van der Waals surface area contributed by atoms with Gasteiger partial charge in [0, 0.05) is 17.9 Å². The maximum Gasteiger partial charge on any atom is 0.329 e. The lowest BCUT2D eigenvalue weighted by molar-refractivity contribution is -0.147. The van der Waals surface area contributed by atoms with Gasteiger partial charge in [-0.05, 0) is 18.6 Å². The second-order valence-electron chi connectivity index (χ2n) is 5.60. The number of para-hydroxylation sites is 1. The van der Waals surface area contributed by atoms with Crippen molar-refractivity contribution in [3.63, 3.8) is 0 Å². The standard InChI is InChI=1S/C17H14N2O5/c20-16-6-5-12(18-16)17(21)22-9-11-8-15(24-19-11)14-7-10-3-1-2-4-13(10)23-14/h1-4,7-8,12H,5-6,9H2,(H,18,20). The Hall–Kier alpha value is -3.09. The van der Waals surface area contributed by atoms with E-state index in [4.69, 9.17) is 13.7 Å². The number of hydrogen-bond acceptors (Lipinski definition) is 6. The van der Waals surface area contributed by atoms with E-state index in [2.05, 4.69) is 10.5 Å². The van der Waals surface area contributed by atoms with E-state index in [0.29, 0.717) is 30.1 Å². The molecule has 1 atom stereocenters. The molecule has 7 heteroatoms. The van der Waals surface area contributed by atoms with Crippen molar-refractivity contribution in [2.45, 2.75) is 25.5 Å². The van der Waals surface area contributed by atoms with Gasteiger partial charge in [0.15, 0.2) is 5.76 Å². The molecular weight excluding hydrogens is 312 g/mol. The first-order chi connectivity index (χ1) is 11.7. The van der Waals surface area contributed by atoms with Crippen molar-refractivity contribution in [1.29, 1.82) is 0 Å². The van der Waals surface area contributed by atoms with Gasteiger partial charge in [-0.2, -0.15) is 0 Å². The Bertz CT molecular complexity index is 877. The smallest absolute Gasteiger partial charge is 0.329 e. The molecule has 122 valence electrons. The van der Waals surface area contributed by atoms with Gasteiger partial charge in [-0.25, -0.2) is 4.79 Å². The summed E-state index contributed by atoms with van der Waals surface area (Å²) in [5.74, 6) is 0.426. The molecule has 1 aliphatic heterocycles. The number of rotatable bonds is 4. The number of hydrogen-bond donors (Lipinski definition) is 1. The number of esters is 1. The van der Waals surface area contributed by atoms with Gasteiger partial charge >= 0.3 is 5.97 Å². The molecule has 0 saturated carbocycles. The second-order valence-corrected chi connectivity index (χ2v) is 5.60. The van der Waals surface area contributed by atoms with Crippen LogP contribution in [-0.2, 0) is 20.9 Å². The SMILES string of the molecule is O=C1CCC(C(=O)OCc2cc(-c3cc4ccccc4o3)on2)N1. The predicted octanol–water partition coefficient (Wildman–Crippen LogP) is 2.41. The highest BCUT2D eigenvalue weighted by Crippen LogP contribution is 2.28. The first-order valence-electron chi connectivity index (χ1n) is 7.59. The number of ether oxygens (including phenoxy) is 1. The van der Waals surface area contributed by atoms with Crippen LogP contribution in [0.2, 0.25) is 0 Å². The van der Waals surface area contributed by atoms with Gasteiger partial charge in [0.05, 0.1) is 0 Å². The number of amides is 1. The quantitative estimate of drug-likeness (QED) is 0.740. The highest BCUT2D eigenvalue weighted by atomic mass is 16.5. The molecular formula is C17H14N2O5. The molecule has 1 unspecified atom stereocenters. The van der Waals surface area contributed by atoms with Gasteiger partial charge in [0.25, 0.3) is 0 Å². The minimum Gasteiger partial charge on any atom is -0.458 e. The lowest BCUT2D eigenvalue weighted by Crippen LogP contribution is -2.34. The highest BCUT2D eigenvalue weighted by Gasteiger charge is 2.28. The maximum absolute atomic E-state index is 11.8. The number of nitrogens with zero attached hydrogens (tertiary/aromatic N) is 1. The van der Waals surface area contributed by atoms with Crippen LogP contribution in [0.15, 0.2) is 45.3 Å². The van der Waals surface area contributed by atoms with Crippen molar-refractivity contribution in [2.24, 2.45) is 0 Å². The summed E-state index contributed by atoms with van der Waals surface area (Å²) in [5, 5.41) is 7.41. The van der Waals surface area contributed by atoms with E-state index in [-0.39, 0.29) is 12.5 Å². The second kappa shape index (κ2) is 5.84. The van der Waals surface area contributed by atoms with E-state index >= 15 is 0 Å². The zero-order valence-electron chi connectivity index (χ0n) is 12.7. The van der Waals surface area contributed by atoms with Crippen LogP contribution in [0.3, 0.4) is 0 Å². The van der Waals surface area contributed by atoms with Gasteiger partial charge < -0.3 is 19.0 Å². The molecule has 24 heavy (non-hydrogen) atoms. The lowest BCUT2D eigenvalue weighted by atomic mass is 10.2. The Morgan fingerprint density at radius 2 is 2.17 bits per heavy atom. The van der Waals surface area contributed by atoms with Gasteiger partial charge in [-0.1, -0.05) is 23.4 Å². The average molecular weight is 326 g/mol. The topological polar surface area (TPSA) is 94.6 Å². The van der Waals surface area contributed by atoms with Crippen molar-refractivity contribution in [3.05, 3.63) is 42.1 Å². The molecule has 7 nitrogen and oxygen atoms in total. The van der Waals surface area contributed by atoms with Crippen LogP contribution in [0.4, 0.5) is 0 Å². The molecule has 1 aromatic carbocycles. The average Bonchev–Trinajstić information content (AvgIpc) is 3.31. The number of fused-ring (bicyclic) bond motifs is 1. The van der Waals surface area contributed by atoms with E-state index in [1.807, 2.05) is 30.3 Å². The number of nitrogens with one attached hydrogen (secondary N) is 1. The molecule has 3 aromatic rings. The molecule has 1 amide bonds. The van der Waals surface area contributed by atoms with E-state index in [9.17, 15) is 9.59 Å². The summed E-state index contributed by atoms with van der Waals surface area (Å²) in [6.07, 6.45) is 0.806. The predicted molar refractivity (Wildman–Crippen MR) is 82.7 cm³/mol. The largest absolute Gasteiger partial charge is 0.458 e. The first-order valence-corrected chi connectivity index (χ1v) is 7.59. The summed E-state index contributed by atoms with van der Waals surface area (Å²) in [7, 11) is 0.